The number of benzene rings is 2. The summed E-state index contributed by atoms with van der Waals surface area (Å²) in [5.41, 5.74) is 2.96. The van der Waals surface area contributed by atoms with Crippen molar-refractivity contribution in [3.05, 3.63) is 66.7 Å². The maximum atomic E-state index is 4.62. The normalized spacial score (nSPS) is 10.6. The standard InChI is InChI=1S/C19H20N4/c1-14(2)20-19-22-17(15-9-5-3-6-10-15)13-18(23-19)21-16-11-7-4-8-12-16/h3-14H,1-2H3,(H2,20,21,22,23). The van der Waals surface area contributed by atoms with Gasteiger partial charge >= 0.3 is 0 Å². The van der Waals surface area contributed by atoms with Crippen molar-refractivity contribution < 1.29 is 0 Å². The van der Waals surface area contributed by atoms with Crippen molar-refractivity contribution in [2.45, 2.75) is 19.9 Å². The molecule has 3 rings (SSSR count). The Bertz CT molecular complexity index is 755. The van der Waals surface area contributed by atoms with E-state index in [4.69, 9.17) is 0 Å². The maximum absolute atomic E-state index is 4.62. The Labute approximate surface area is 136 Å². The lowest BCUT2D eigenvalue weighted by molar-refractivity contribution is 0.876. The van der Waals surface area contributed by atoms with Crippen LogP contribution in [0.2, 0.25) is 0 Å². The van der Waals surface area contributed by atoms with Gasteiger partial charge in [-0.3, -0.25) is 0 Å². The van der Waals surface area contributed by atoms with E-state index in [2.05, 4.69) is 34.4 Å². The van der Waals surface area contributed by atoms with E-state index in [1.54, 1.807) is 0 Å². The third kappa shape index (κ3) is 4.07. The van der Waals surface area contributed by atoms with Gasteiger partial charge in [-0.15, -0.1) is 0 Å². The van der Waals surface area contributed by atoms with Gasteiger partial charge in [-0.25, -0.2) is 4.98 Å². The highest BCUT2D eigenvalue weighted by molar-refractivity contribution is 5.67. The van der Waals surface area contributed by atoms with Gasteiger partial charge in [0.05, 0.1) is 5.69 Å². The highest BCUT2D eigenvalue weighted by atomic mass is 15.2. The van der Waals surface area contributed by atoms with Crippen LogP contribution in [0.15, 0.2) is 66.7 Å². The van der Waals surface area contributed by atoms with Crippen LogP contribution in [0.25, 0.3) is 11.3 Å². The predicted molar refractivity (Wildman–Crippen MR) is 96.0 cm³/mol. The number of nitrogens with one attached hydrogen (secondary N) is 2. The molecule has 2 aromatic carbocycles. The number of aromatic nitrogens is 2. The number of para-hydroxylation sites is 1. The van der Waals surface area contributed by atoms with Gasteiger partial charge in [-0.05, 0) is 26.0 Å². The predicted octanol–water partition coefficient (Wildman–Crippen LogP) is 4.71. The number of hydrogen-bond acceptors (Lipinski definition) is 4. The zero-order chi connectivity index (χ0) is 16.1. The molecule has 4 heteroatoms. The number of nitrogens with zero attached hydrogens (tertiary/aromatic N) is 2. The topological polar surface area (TPSA) is 49.8 Å². The molecule has 0 radical (unpaired) electrons. The van der Waals surface area contributed by atoms with Crippen LogP contribution in [0, 0.1) is 0 Å². The van der Waals surface area contributed by atoms with Crippen LogP contribution in [0.1, 0.15) is 13.8 Å². The average Bonchev–Trinajstić information content (AvgIpc) is 2.56. The van der Waals surface area contributed by atoms with E-state index in [1.165, 1.54) is 0 Å². The van der Waals surface area contributed by atoms with Crippen LogP contribution in [0.5, 0.6) is 0 Å². The summed E-state index contributed by atoms with van der Waals surface area (Å²) in [5.74, 6) is 1.40. The smallest absolute Gasteiger partial charge is 0.225 e. The van der Waals surface area contributed by atoms with E-state index in [0.29, 0.717) is 5.95 Å². The van der Waals surface area contributed by atoms with E-state index in [9.17, 15) is 0 Å². The molecule has 116 valence electrons. The molecule has 0 bridgehead atoms. The molecule has 0 amide bonds. The second kappa shape index (κ2) is 6.92. The molecule has 4 nitrogen and oxygen atoms in total. The summed E-state index contributed by atoms with van der Waals surface area (Å²) in [6, 6.07) is 22.4. The summed E-state index contributed by atoms with van der Waals surface area (Å²) in [6.07, 6.45) is 0. The van der Waals surface area contributed by atoms with E-state index in [1.807, 2.05) is 66.7 Å². The third-order valence-electron chi connectivity index (χ3n) is 3.26. The Morgan fingerprint density at radius 1 is 0.826 bits per heavy atom. The fourth-order valence-corrected chi connectivity index (χ4v) is 2.26. The SMILES string of the molecule is CC(C)Nc1nc(Nc2ccccc2)cc(-c2ccccc2)n1. The molecule has 0 fully saturated rings. The van der Waals surface area contributed by atoms with Crippen molar-refractivity contribution in [3.8, 4) is 11.3 Å². The molecular weight excluding hydrogens is 284 g/mol. The molecule has 0 aliphatic carbocycles. The zero-order valence-corrected chi connectivity index (χ0v) is 13.3. The van der Waals surface area contributed by atoms with Gasteiger partial charge in [0.25, 0.3) is 0 Å². The zero-order valence-electron chi connectivity index (χ0n) is 13.3. The van der Waals surface area contributed by atoms with Gasteiger partial charge in [0, 0.05) is 23.4 Å². The van der Waals surface area contributed by atoms with E-state index < -0.39 is 0 Å². The summed E-state index contributed by atoms with van der Waals surface area (Å²) in [6.45, 7) is 4.14. The van der Waals surface area contributed by atoms with E-state index in [-0.39, 0.29) is 6.04 Å². The highest BCUT2D eigenvalue weighted by Gasteiger charge is 2.08. The Kier molecular flexibility index (Phi) is 4.52. The van der Waals surface area contributed by atoms with Crippen LogP contribution in [-0.2, 0) is 0 Å². The third-order valence-corrected chi connectivity index (χ3v) is 3.26. The van der Waals surface area contributed by atoms with Crippen LogP contribution in [0.4, 0.5) is 17.5 Å². The minimum Gasteiger partial charge on any atom is -0.352 e. The van der Waals surface area contributed by atoms with Gasteiger partial charge in [0.2, 0.25) is 5.95 Å². The van der Waals surface area contributed by atoms with E-state index >= 15 is 0 Å². The first-order valence-electron chi connectivity index (χ1n) is 7.74. The molecule has 0 unspecified atom stereocenters. The average molecular weight is 304 g/mol. The molecule has 0 aliphatic heterocycles. The quantitative estimate of drug-likeness (QED) is 0.717. The maximum Gasteiger partial charge on any atom is 0.225 e. The summed E-state index contributed by atoms with van der Waals surface area (Å²) in [7, 11) is 0. The molecule has 0 saturated heterocycles. The monoisotopic (exact) mass is 304 g/mol. The minimum atomic E-state index is 0.269. The van der Waals surface area contributed by atoms with Gasteiger partial charge < -0.3 is 10.6 Å². The van der Waals surface area contributed by atoms with Crippen molar-refractivity contribution in [1.29, 1.82) is 0 Å². The second-order valence-corrected chi connectivity index (χ2v) is 5.62. The highest BCUT2D eigenvalue weighted by Crippen LogP contribution is 2.23. The summed E-state index contributed by atoms with van der Waals surface area (Å²) in [5, 5.41) is 6.62. The molecule has 0 aliphatic rings. The Morgan fingerprint density at radius 2 is 1.48 bits per heavy atom. The molecule has 1 heterocycles. The molecule has 1 aromatic heterocycles. The van der Waals surface area contributed by atoms with Gasteiger partial charge in [0.15, 0.2) is 0 Å². The van der Waals surface area contributed by atoms with Crippen LogP contribution in [-0.4, -0.2) is 16.0 Å². The Hall–Kier alpha value is -2.88. The van der Waals surface area contributed by atoms with E-state index in [0.717, 1.165) is 22.8 Å². The molecule has 0 spiro atoms. The molecule has 3 aromatic rings. The minimum absolute atomic E-state index is 0.269. The molecule has 23 heavy (non-hydrogen) atoms. The lowest BCUT2D eigenvalue weighted by atomic mass is 10.1. The van der Waals surface area contributed by atoms with Crippen molar-refractivity contribution in [2.24, 2.45) is 0 Å². The molecule has 0 atom stereocenters. The lowest BCUT2D eigenvalue weighted by Crippen LogP contribution is -2.13. The first-order chi connectivity index (χ1) is 11.2. The van der Waals surface area contributed by atoms with Gasteiger partial charge in [-0.1, -0.05) is 48.5 Å². The van der Waals surface area contributed by atoms with Crippen LogP contribution in [0.3, 0.4) is 0 Å². The Balaban J connectivity index is 1.98. The van der Waals surface area contributed by atoms with Crippen molar-refractivity contribution in [1.82, 2.24) is 9.97 Å². The summed E-state index contributed by atoms with van der Waals surface area (Å²) >= 11 is 0. The van der Waals surface area contributed by atoms with Crippen molar-refractivity contribution in [3.63, 3.8) is 0 Å². The lowest BCUT2D eigenvalue weighted by Gasteiger charge is -2.13. The fraction of sp³-hybridized carbons (Fsp3) is 0.158. The van der Waals surface area contributed by atoms with Crippen molar-refractivity contribution >= 4 is 17.5 Å². The largest absolute Gasteiger partial charge is 0.352 e. The first kappa shape index (κ1) is 15.0. The Morgan fingerprint density at radius 3 is 2.13 bits per heavy atom. The second-order valence-electron chi connectivity index (χ2n) is 5.62. The van der Waals surface area contributed by atoms with Crippen molar-refractivity contribution in [2.75, 3.05) is 10.6 Å². The number of anilines is 3. The van der Waals surface area contributed by atoms with Gasteiger partial charge in [0.1, 0.15) is 5.82 Å². The summed E-state index contributed by atoms with van der Waals surface area (Å²) < 4.78 is 0. The molecular formula is C19H20N4. The number of hydrogen-bond donors (Lipinski definition) is 2. The molecule has 2 N–H and O–H groups in total. The first-order valence-corrected chi connectivity index (χ1v) is 7.74. The fourth-order valence-electron chi connectivity index (χ4n) is 2.26. The molecule has 0 saturated carbocycles. The summed E-state index contributed by atoms with van der Waals surface area (Å²) in [4.78, 5) is 9.18. The van der Waals surface area contributed by atoms with Crippen LogP contribution < -0.4 is 10.6 Å². The van der Waals surface area contributed by atoms with Crippen LogP contribution >= 0.6 is 0 Å². The number of rotatable bonds is 5. The van der Waals surface area contributed by atoms with Gasteiger partial charge in [-0.2, -0.15) is 4.98 Å².